The first kappa shape index (κ1) is 19.9. The Hall–Kier alpha value is -1.10. The van der Waals surface area contributed by atoms with Crippen molar-refractivity contribution in [1.29, 1.82) is 0 Å². The molecule has 5 nitrogen and oxygen atoms in total. The largest absolute Gasteiger partial charge is 0.406 e. The van der Waals surface area contributed by atoms with Crippen LogP contribution in [0.4, 0.5) is 13.2 Å². The second kappa shape index (κ2) is 7.65. The third-order valence-corrected chi connectivity index (χ3v) is 6.15. The second-order valence-electron chi connectivity index (χ2n) is 4.50. The zero-order valence-electron chi connectivity index (χ0n) is 12.0. The summed E-state index contributed by atoms with van der Waals surface area (Å²) in [5, 5.41) is 0. The van der Waals surface area contributed by atoms with Crippen LogP contribution in [0.1, 0.15) is 0 Å². The summed E-state index contributed by atoms with van der Waals surface area (Å²) in [6.07, 6.45) is -3.45. The number of alkyl halides is 3. The molecule has 1 rings (SSSR count). The lowest BCUT2D eigenvalue weighted by Crippen LogP contribution is -2.44. The summed E-state index contributed by atoms with van der Waals surface area (Å²) in [4.78, 5) is 12.4. The number of sulfonamides is 1. The lowest BCUT2D eigenvalue weighted by Gasteiger charge is -2.25. The highest BCUT2D eigenvalue weighted by atomic mass is 35.5. The predicted molar refractivity (Wildman–Crippen MR) is 82.0 cm³/mol. The Labute approximate surface area is 141 Å². The Balaban J connectivity index is 2.87. The fourth-order valence-electron chi connectivity index (χ4n) is 1.59. The number of amides is 1. The first-order chi connectivity index (χ1) is 10.5. The number of carbonyl (C=O) groups is 1. The Morgan fingerprint density at radius 1 is 1.43 bits per heavy atom. The summed E-state index contributed by atoms with van der Waals surface area (Å²) >= 11 is 6.46. The van der Waals surface area contributed by atoms with Gasteiger partial charge in [0.1, 0.15) is 10.8 Å². The van der Waals surface area contributed by atoms with E-state index in [9.17, 15) is 26.4 Å². The Bertz CT molecular complexity index is 673. The molecule has 1 aromatic rings. The molecule has 1 heterocycles. The van der Waals surface area contributed by atoms with Gasteiger partial charge in [0.15, 0.2) is 0 Å². The van der Waals surface area contributed by atoms with Gasteiger partial charge in [0.2, 0.25) is 5.91 Å². The van der Waals surface area contributed by atoms with Crippen LogP contribution in [-0.4, -0.2) is 56.4 Å². The Morgan fingerprint density at radius 2 is 2.04 bits per heavy atom. The quantitative estimate of drug-likeness (QED) is 0.672. The number of nitrogens with zero attached hydrogens (tertiary/aromatic N) is 2. The molecule has 0 saturated carbocycles. The van der Waals surface area contributed by atoms with Crippen LogP contribution in [0.5, 0.6) is 0 Å². The molecule has 0 atom stereocenters. The summed E-state index contributed by atoms with van der Waals surface area (Å²) in [5.41, 5.74) is 0. The van der Waals surface area contributed by atoms with Crippen LogP contribution >= 0.6 is 22.9 Å². The van der Waals surface area contributed by atoms with Gasteiger partial charge in [-0.3, -0.25) is 4.79 Å². The maximum atomic E-state index is 12.5. The molecule has 11 heteroatoms. The average molecular weight is 391 g/mol. The van der Waals surface area contributed by atoms with E-state index in [4.69, 9.17) is 11.6 Å². The van der Waals surface area contributed by atoms with Crippen LogP contribution in [0.25, 0.3) is 0 Å². The summed E-state index contributed by atoms with van der Waals surface area (Å²) in [6, 6.07) is 2.64. The van der Waals surface area contributed by atoms with Crippen LogP contribution in [-0.2, 0) is 14.8 Å². The van der Waals surface area contributed by atoms with Gasteiger partial charge in [0.25, 0.3) is 10.0 Å². The first-order valence-electron chi connectivity index (χ1n) is 6.14. The molecule has 130 valence electrons. The van der Waals surface area contributed by atoms with Gasteiger partial charge in [-0.05, 0) is 12.1 Å². The molecule has 0 aliphatic rings. The van der Waals surface area contributed by atoms with E-state index in [2.05, 4.69) is 6.58 Å². The maximum absolute atomic E-state index is 12.5. The van der Waals surface area contributed by atoms with E-state index < -0.39 is 35.2 Å². The van der Waals surface area contributed by atoms with Gasteiger partial charge in [-0.1, -0.05) is 17.7 Å². The number of thiophene rings is 1. The van der Waals surface area contributed by atoms with E-state index in [1.807, 2.05) is 0 Å². The van der Waals surface area contributed by atoms with Crippen molar-refractivity contribution in [2.45, 2.75) is 10.4 Å². The number of likely N-dealkylation sites (N-methyl/N-ethyl adjacent to an activating group) is 1. The molecule has 1 aromatic heterocycles. The number of hydrogen-bond acceptors (Lipinski definition) is 4. The van der Waals surface area contributed by atoms with E-state index in [0.717, 1.165) is 24.5 Å². The molecule has 0 radical (unpaired) electrons. The minimum Gasteiger partial charge on any atom is -0.329 e. The third-order valence-electron chi connectivity index (χ3n) is 2.64. The van der Waals surface area contributed by atoms with E-state index in [1.54, 1.807) is 0 Å². The van der Waals surface area contributed by atoms with Crippen molar-refractivity contribution in [3.05, 3.63) is 29.1 Å². The Kier molecular flexibility index (Phi) is 6.63. The van der Waals surface area contributed by atoms with E-state index in [1.165, 1.54) is 12.1 Å². The van der Waals surface area contributed by atoms with Crippen molar-refractivity contribution < 1.29 is 26.4 Å². The highest BCUT2D eigenvalue weighted by molar-refractivity contribution is 7.91. The number of carbonyl (C=O) groups excluding carboxylic acids is 1. The predicted octanol–water partition coefficient (Wildman–Crippen LogP) is 2.60. The molecule has 0 saturated heterocycles. The first-order valence-corrected chi connectivity index (χ1v) is 8.78. The van der Waals surface area contributed by atoms with Gasteiger partial charge in [-0.15, -0.1) is 17.9 Å². The van der Waals surface area contributed by atoms with Crippen molar-refractivity contribution in [1.82, 2.24) is 9.21 Å². The minimum absolute atomic E-state index is 0.0936. The number of halogens is 4. The molecule has 0 fully saturated rings. The molecule has 0 N–H and O–H groups in total. The summed E-state index contributed by atoms with van der Waals surface area (Å²) in [7, 11) is -2.88. The summed E-state index contributed by atoms with van der Waals surface area (Å²) in [6.45, 7) is 0.753. The normalized spacial score (nSPS) is 12.4. The van der Waals surface area contributed by atoms with Crippen LogP contribution in [0, 0.1) is 0 Å². The van der Waals surface area contributed by atoms with Crippen molar-refractivity contribution >= 4 is 38.9 Å². The fourth-order valence-corrected chi connectivity index (χ4v) is 4.41. The number of rotatable bonds is 7. The van der Waals surface area contributed by atoms with Crippen LogP contribution in [0.3, 0.4) is 0 Å². The molecule has 23 heavy (non-hydrogen) atoms. The standard InChI is InChI=1S/C12H14ClF3N2O3S2/c1-3-6-18(8-12(14,15)16)10(19)7-17(2)23(20,21)11-5-4-9(13)22-11/h3-5H,1,6-8H2,2H3. The highest BCUT2D eigenvalue weighted by Gasteiger charge is 2.34. The molecule has 0 aliphatic heterocycles. The smallest absolute Gasteiger partial charge is 0.329 e. The van der Waals surface area contributed by atoms with Crippen LogP contribution < -0.4 is 0 Å². The van der Waals surface area contributed by atoms with Crippen LogP contribution in [0.2, 0.25) is 4.34 Å². The van der Waals surface area contributed by atoms with E-state index >= 15 is 0 Å². The van der Waals surface area contributed by atoms with Gasteiger partial charge in [-0.2, -0.15) is 17.5 Å². The molecule has 0 aliphatic carbocycles. The fraction of sp³-hybridized carbons (Fsp3) is 0.417. The van der Waals surface area contributed by atoms with Gasteiger partial charge < -0.3 is 4.90 Å². The van der Waals surface area contributed by atoms with Gasteiger partial charge in [0, 0.05) is 13.6 Å². The van der Waals surface area contributed by atoms with Crippen molar-refractivity contribution in [2.75, 3.05) is 26.7 Å². The van der Waals surface area contributed by atoms with Crippen molar-refractivity contribution in [3.63, 3.8) is 0 Å². The molecular weight excluding hydrogens is 377 g/mol. The van der Waals surface area contributed by atoms with Crippen molar-refractivity contribution in [3.8, 4) is 0 Å². The van der Waals surface area contributed by atoms with Crippen LogP contribution in [0.15, 0.2) is 29.0 Å². The second-order valence-corrected chi connectivity index (χ2v) is 8.48. The van der Waals surface area contributed by atoms with Gasteiger partial charge >= 0.3 is 6.18 Å². The van der Waals surface area contributed by atoms with Gasteiger partial charge in [-0.25, -0.2) is 8.42 Å². The topological polar surface area (TPSA) is 57.7 Å². The maximum Gasteiger partial charge on any atom is 0.406 e. The zero-order chi connectivity index (χ0) is 17.8. The Morgan fingerprint density at radius 3 is 2.48 bits per heavy atom. The summed E-state index contributed by atoms with van der Waals surface area (Å²) < 4.78 is 62.6. The molecular formula is C12H14ClF3N2O3S2. The number of hydrogen-bond donors (Lipinski definition) is 0. The monoisotopic (exact) mass is 390 g/mol. The molecule has 0 bridgehead atoms. The third kappa shape index (κ3) is 5.79. The van der Waals surface area contributed by atoms with Gasteiger partial charge in [0.05, 0.1) is 10.9 Å². The SMILES string of the molecule is C=CCN(CC(F)(F)F)C(=O)CN(C)S(=O)(=O)c1ccc(Cl)s1. The van der Waals surface area contributed by atoms with E-state index in [-0.39, 0.29) is 15.1 Å². The summed E-state index contributed by atoms with van der Waals surface area (Å²) in [5.74, 6) is -0.976. The molecule has 0 unspecified atom stereocenters. The zero-order valence-corrected chi connectivity index (χ0v) is 14.4. The molecule has 1 amide bonds. The van der Waals surface area contributed by atoms with E-state index in [0.29, 0.717) is 9.21 Å². The lowest BCUT2D eigenvalue weighted by molar-refractivity contribution is -0.160. The molecule has 0 spiro atoms. The van der Waals surface area contributed by atoms with Crippen molar-refractivity contribution in [2.24, 2.45) is 0 Å². The lowest BCUT2D eigenvalue weighted by atomic mass is 10.4. The molecule has 0 aromatic carbocycles. The minimum atomic E-state index is -4.59. The average Bonchev–Trinajstić information content (AvgIpc) is 2.84. The highest BCUT2D eigenvalue weighted by Crippen LogP contribution is 2.27.